The van der Waals surface area contributed by atoms with Crippen LogP contribution in [-0.2, 0) is 11.3 Å². The molecule has 152 valence electrons. The average Bonchev–Trinajstić information content (AvgIpc) is 3.50. The molecule has 3 fully saturated rings. The number of hydrogen-bond donors (Lipinski definition) is 3. The molecule has 1 aromatic carbocycles. The molecule has 2 saturated heterocycles. The molecule has 4 rings (SSSR count). The SMILES string of the molecule is CC(C)c1ccc(C[NH+]2CC[NH+](CN3C(=O)N[C@](C)(C4CC4)C3=O)CC2)cc1. The van der Waals surface area contributed by atoms with Crippen molar-refractivity contribution in [2.24, 2.45) is 5.92 Å². The molecule has 28 heavy (non-hydrogen) atoms. The fourth-order valence-electron chi connectivity index (χ4n) is 4.62. The first-order chi connectivity index (χ1) is 13.4. The number of carbonyl (C=O) groups is 2. The lowest BCUT2D eigenvalue weighted by Gasteiger charge is -2.31. The molecular formula is C22H34N4O2+2. The number of hydrogen-bond acceptors (Lipinski definition) is 2. The molecule has 1 atom stereocenters. The fourth-order valence-corrected chi connectivity index (χ4v) is 4.62. The van der Waals surface area contributed by atoms with Crippen LogP contribution in [0.25, 0.3) is 0 Å². The number of amides is 3. The first kappa shape index (κ1) is 19.4. The first-order valence-electron chi connectivity index (χ1n) is 10.8. The summed E-state index contributed by atoms with van der Waals surface area (Å²) >= 11 is 0. The van der Waals surface area contributed by atoms with Crippen molar-refractivity contribution in [2.75, 3.05) is 32.8 Å². The van der Waals surface area contributed by atoms with E-state index in [1.54, 1.807) is 4.90 Å². The number of benzene rings is 1. The van der Waals surface area contributed by atoms with E-state index in [1.165, 1.54) is 20.9 Å². The highest BCUT2D eigenvalue weighted by atomic mass is 16.2. The normalized spacial score (nSPS) is 30.8. The van der Waals surface area contributed by atoms with E-state index in [2.05, 4.69) is 43.4 Å². The summed E-state index contributed by atoms with van der Waals surface area (Å²) in [6.07, 6.45) is 2.09. The largest absolute Gasteiger partial charge is 0.329 e. The Bertz CT molecular complexity index is 735. The van der Waals surface area contributed by atoms with E-state index in [0.29, 0.717) is 18.5 Å². The maximum atomic E-state index is 12.8. The van der Waals surface area contributed by atoms with E-state index in [0.717, 1.165) is 45.6 Å². The number of nitrogens with one attached hydrogen (secondary N) is 3. The summed E-state index contributed by atoms with van der Waals surface area (Å²) in [5, 5.41) is 2.95. The summed E-state index contributed by atoms with van der Waals surface area (Å²) in [6, 6.07) is 8.80. The van der Waals surface area contributed by atoms with Crippen molar-refractivity contribution < 1.29 is 19.4 Å². The van der Waals surface area contributed by atoms with Crippen LogP contribution in [0.5, 0.6) is 0 Å². The Labute approximate surface area is 167 Å². The smallest absolute Gasteiger partial charge is 0.323 e. The number of urea groups is 1. The molecule has 6 heteroatoms. The third-order valence-corrected chi connectivity index (χ3v) is 6.84. The minimum Gasteiger partial charge on any atom is -0.323 e. The minimum absolute atomic E-state index is 0.0208. The van der Waals surface area contributed by atoms with E-state index in [4.69, 9.17) is 0 Å². The van der Waals surface area contributed by atoms with Gasteiger partial charge in [0.2, 0.25) is 0 Å². The van der Waals surface area contributed by atoms with Gasteiger partial charge in [-0.2, -0.15) is 0 Å². The fraction of sp³-hybridized carbons (Fsp3) is 0.636. The second-order valence-electron chi connectivity index (χ2n) is 9.37. The van der Waals surface area contributed by atoms with Crippen molar-refractivity contribution in [3.8, 4) is 0 Å². The summed E-state index contributed by atoms with van der Waals surface area (Å²) in [6.45, 7) is 12.0. The zero-order chi connectivity index (χ0) is 19.9. The van der Waals surface area contributed by atoms with Crippen molar-refractivity contribution >= 4 is 11.9 Å². The Balaban J connectivity index is 1.27. The lowest BCUT2D eigenvalue weighted by Crippen LogP contribution is -3.28. The van der Waals surface area contributed by atoms with E-state index in [1.807, 2.05) is 6.92 Å². The second kappa shape index (κ2) is 7.48. The molecule has 2 aliphatic heterocycles. The molecule has 0 unspecified atom stereocenters. The predicted molar refractivity (Wildman–Crippen MR) is 107 cm³/mol. The van der Waals surface area contributed by atoms with Crippen molar-refractivity contribution in [2.45, 2.75) is 51.6 Å². The number of nitrogens with zero attached hydrogens (tertiary/aromatic N) is 1. The van der Waals surface area contributed by atoms with Gasteiger partial charge in [-0.1, -0.05) is 38.1 Å². The van der Waals surface area contributed by atoms with Gasteiger partial charge in [-0.15, -0.1) is 0 Å². The first-order valence-corrected chi connectivity index (χ1v) is 10.8. The maximum absolute atomic E-state index is 12.8. The minimum atomic E-state index is -0.661. The van der Waals surface area contributed by atoms with Gasteiger partial charge in [0.05, 0.1) is 0 Å². The van der Waals surface area contributed by atoms with Gasteiger partial charge in [-0.25, -0.2) is 9.69 Å². The second-order valence-corrected chi connectivity index (χ2v) is 9.37. The van der Waals surface area contributed by atoms with Crippen molar-refractivity contribution in [3.63, 3.8) is 0 Å². The lowest BCUT2D eigenvalue weighted by molar-refractivity contribution is -1.02. The van der Waals surface area contributed by atoms with Crippen LogP contribution < -0.4 is 15.1 Å². The highest BCUT2D eigenvalue weighted by Crippen LogP contribution is 2.42. The van der Waals surface area contributed by atoms with Crippen LogP contribution in [0, 0.1) is 5.92 Å². The summed E-state index contributed by atoms with van der Waals surface area (Å²) in [5.41, 5.74) is 2.11. The molecule has 2 heterocycles. The highest BCUT2D eigenvalue weighted by molar-refractivity contribution is 6.07. The van der Waals surface area contributed by atoms with Gasteiger partial charge in [0.1, 0.15) is 38.3 Å². The number of imide groups is 1. The monoisotopic (exact) mass is 386 g/mol. The predicted octanol–water partition coefficient (Wildman–Crippen LogP) is -0.229. The molecule has 1 aromatic rings. The Kier molecular flexibility index (Phi) is 5.19. The molecule has 6 nitrogen and oxygen atoms in total. The molecule has 3 aliphatic rings. The zero-order valence-electron chi connectivity index (χ0n) is 17.4. The van der Waals surface area contributed by atoms with Crippen LogP contribution in [-0.4, -0.2) is 55.2 Å². The van der Waals surface area contributed by atoms with Crippen LogP contribution >= 0.6 is 0 Å². The van der Waals surface area contributed by atoms with Crippen molar-refractivity contribution in [3.05, 3.63) is 35.4 Å². The summed E-state index contributed by atoms with van der Waals surface area (Å²) in [7, 11) is 0. The van der Waals surface area contributed by atoms with Crippen molar-refractivity contribution in [1.29, 1.82) is 0 Å². The molecule has 0 radical (unpaired) electrons. The number of rotatable bonds is 6. The summed E-state index contributed by atoms with van der Waals surface area (Å²) in [5.74, 6) is 0.876. The van der Waals surface area contributed by atoms with Gasteiger partial charge < -0.3 is 15.1 Å². The van der Waals surface area contributed by atoms with Crippen LogP contribution in [0.4, 0.5) is 4.79 Å². The molecule has 0 spiro atoms. The third-order valence-electron chi connectivity index (χ3n) is 6.84. The van der Waals surface area contributed by atoms with E-state index < -0.39 is 5.54 Å². The van der Waals surface area contributed by atoms with E-state index >= 15 is 0 Å². The number of piperazine rings is 1. The van der Waals surface area contributed by atoms with Crippen LogP contribution in [0.3, 0.4) is 0 Å². The average molecular weight is 387 g/mol. The van der Waals surface area contributed by atoms with Gasteiger partial charge in [0.25, 0.3) is 5.91 Å². The molecule has 1 aliphatic carbocycles. The van der Waals surface area contributed by atoms with Gasteiger partial charge in [-0.3, -0.25) is 4.79 Å². The Hall–Kier alpha value is -1.92. The number of carbonyl (C=O) groups excluding carboxylic acids is 2. The Morgan fingerprint density at radius 3 is 2.25 bits per heavy atom. The van der Waals surface area contributed by atoms with Crippen molar-refractivity contribution in [1.82, 2.24) is 10.2 Å². The molecule has 0 aromatic heterocycles. The summed E-state index contributed by atoms with van der Waals surface area (Å²) < 4.78 is 0. The standard InChI is InChI=1S/C22H32N4O2/c1-16(2)18-6-4-17(5-7-18)14-24-10-12-25(13-11-24)15-26-20(27)22(3,19-8-9-19)23-21(26)28/h4-7,16,19H,8-15H2,1-3H3,(H,23,28)/p+2/t22-/m1/s1. The maximum Gasteiger partial charge on any atom is 0.329 e. The van der Waals surface area contributed by atoms with Gasteiger partial charge in [-0.05, 0) is 37.2 Å². The highest BCUT2D eigenvalue weighted by Gasteiger charge is 2.56. The van der Waals surface area contributed by atoms with Gasteiger partial charge in [0, 0.05) is 5.56 Å². The van der Waals surface area contributed by atoms with Gasteiger partial charge >= 0.3 is 6.03 Å². The van der Waals surface area contributed by atoms with Gasteiger partial charge in [0.15, 0.2) is 6.67 Å². The Morgan fingerprint density at radius 2 is 1.68 bits per heavy atom. The molecule has 0 bridgehead atoms. The number of quaternary nitrogens is 2. The molecule has 3 amide bonds. The van der Waals surface area contributed by atoms with E-state index in [-0.39, 0.29) is 11.9 Å². The van der Waals surface area contributed by atoms with E-state index in [9.17, 15) is 9.59 Å². The molecular weight excluding hydrogens is 352 g/mol. The lowest BCUT2D eigenvalue weighted by atomic mass is 9.96. The molecule has 1 saturated carbocycles. The van der Waals surface area contributed by atoms with Crippen LogP contribution in [0.1, 0.15) is 50.7 Å². The van der Waals surface area contributed by atoms with Crippen LogP contribution in [0.15, 0.2) is 24.3 Å². The molecule has 3 N–H and O–H groups in total. The quantitative estimate of drug-likeness (QED) is 0.592. The third kappa shape index (κ3) is 3.80. The summed E-state index contributed by atoms with van der Waals surface area (Å²) in [4.78, 5) is 29.5. The zero-order valence-corrected chi connectivity index (χ0v) is 17.4. The van der Waals surface area contributed by atoms with Crippen LogP contribution in [0.2, 0.25) is 0 Å². The Morgan fingerprint density at radius 1 is 1.07 bits per heavy atom. The topological polar surface area (TPSA) is 58.3 Å².